The van der Waals surface area contributed by atoms with Gasteiger partial charge in [0.05, 0.1) is 25.4 Å². The molecule has 0 aliphatic carbocycles. The summed E-state index contributed by atoms with van der Waals surface area (Å²) in [4.78, 5) is 24.5. The van der Waals surface area contributed by atoms with Crippen LogP contribution in [0.2, 0.25) is 0 Å². The summed E-state index contributed by atoms with van der Waals surface area (Å²) in [5.74, 6) is -0.0967. The quantitative estimate of drug-likeness (QED) is 0.0321. The van der Waals surface area contributed by atoms with E-state index in [1.165, 1.54) is 193 Å². The maximum absolute atomic E-state index is 12.4. The van der Waals surface area contributed by atoms with Crippen molar-refractivity contribution >= 4 is 11.9 Å². The molecular formula is C59H111NO5. The normalized spacial score (nSPS) is 12.9. The molecule has 382 valence electrons. The van der Waals surface area contributed by atoms with Gasteiger partial charge in [0.15, 0.2) is 0 Å². The molecule has 0 aliphatic rings. The SMILES string of the molecule is CCCCCCCCCCCCCCC/C=C/C(O)C(CO)NC(=O)CCCCCCCCC/C=C\C/C=C\CCCCCOC(=O)CCCCCCCCCCCCCCCCCC. The first-order valence-corrected chi connectivity index (χ1v) is 28.8. The number of esters is 1. The average molecular weight is 915 g/mol. The molecule has 0 aliphatic heterocycles. The molecule has 0 fully saturated rings. The van der Waals surface area contributed by atoms with Crippen molar-refractivity contribution in [3.8, 4) is 0 Å². The maximum atomic E-state index is 12.4. The van der Waals surface area contributed by atoms with Crippen molar-refractivity contribution < 1.29 is 24.5 Å². The molecule has 0 heterocycles. The Morgan fingerprint density at radius 2 is 0.769 bits per heavy atom. The number of allylic oxidation sites excluding steroid dienone is 5. The van der Waals surface area contributed by atoms with E-state index < -0.39 is 12.1 Å². The lowest BCUT2D eigenvalue weighted by Crippen LogP contribution is -2.45. The number of aliphatic hydroxyl groups excluding tert-OH is 2. The molecule has 0 spiro atoms. The Hall–Kier alpha value is -1.92. The highest BCUT2D eigenvalue weighted by molar-refractivity contribution is 5.76. The molecule has 2 atom stereocenters. The molecule has 0 radical (unpaired) electrons. The Morgan fingerprint density at radius 1 is 0.431 bits per heavy atom. The molecule has 6 nitrogen and oxygen atoms in total. The first-order valence-electron chi connectivity index (χ1n) is 28.8. The summed E-state index contributed by atoms with van der Waals surface area (Å²) in [5, 5.41) is 23.1. The van der Waals surface area contributed by atoms with Crippen LogP contribution in [-0.4, -0.2) is 47.4 Å². The van der Waals surface area contributed by atoms with E-state index in [0.29, 0.717) is 19.4 Å². The molecule has 0 bridgehead atoms. The van der Waals surface area contributed by atoms with Crippen molar-refractivity contribution in [2.45, 2.75) is 315 Å². The van der Waals surface area contributed by atoms with Crippen LogP contribution < -0.4 is 5.32 Å². The van der Waals surface area contributed by atoms with Crippen LogP contribution in [-0.2, 0) is 14.3 Å². The van der Waals surface area contributed by atoms with Crippen LogP contribution in [0.3, 0.4) is 0 Å². The topological polar surface area (TPSA) is 95.9 Å². The summed E-state index contributed by atoms with van der Waals surface area (Å²) in [6.45, 7) is 4.87. The zero-order valence-corrected chi connectivity index (χ0v) is 43.5. The average Bonchev–Trinajstić information content (AvgIpc) is 3.31. The van der Waals surface area contributed by atoms with Gasteiger partial charge in [-0.25, -0.2) is 0 Å². The third-order valence-electron chi connectivity index (χ3n) is 13.2. The lowest BCUT2D eigenvalue weighted by Gasteiger charge is -2.20. The van der Waals surface area contributed by atoms with Gasteiger partial charge in [-0.15, -0.1) is 0 Å². The number of ether oxygens (including phenoxy) is 1. The number of hydrogen-bond acceptors (Lipinski definition) is 5. The molecule has 0 aromatic heterocycles. The summed E-state index contributed by atoms with van der Waals surface area (Å²) < 4.78 is 5.46. The van der Waals surface area contributed by atoms with Gasteiger partial charge in [0.2, 0.25) is 5.91 Å². The lowest BCUT2D eigenvalue weighted by atomic mass is 10.0. The Balaban J connectivity index is 3.51. The van der Waals surface area contributed by atoms with Crippen LogP contribution in [0.15, 0.2) is 36.5 Å². The van der Waals surface area contributed by atoms with Gasteiger partial charge in [-0.1, -0.05) is 256 Å². The molecular weight excluding hydrogens is 803 g/mol. The van der Waals surface area contributed by atoms with Crippen molar-refractivity contribution in [3.63, 3.8) is 0 Å². The molecule has 0 saturated carbocycles. The number of rotatable bonds is 53. The van der Waals surface area contributed by atoms with Crippen molar-refractivity contribution in [1.29, 1.82) is 0 Å². The highest BCUT2D eigenvalue weighted by atomic mass is 16.5. The number of carbonyl (C=O) groups excluding carboxylic acids is 2. The smallest absolute Gasteiger partial charge is 0.305 e. The fourth-order valence-corrected chi connectivity index (χ4v) is 8.72. The molecule has 0 aromatic rings. The Labute approximate surface area is 404 Å². The molecule has 2 unspecified atom stereocenters. The van der Waals surface area contributed by atoms with Crippen LogP contribution in [0.1, 0.15) is 303 Å². The third-order valence-corrected chi connectivity index (χ3v) is 13.2. The maximum Gasteiger partial charge on any atom is 0.305 e. The van der Waals surface area contributed by atoms with E-state index in [1.807, 2.05) is 6.08 Å². The minimum absolute atomic E-state index is 0.0132. The summed E-state index contributed by atoms with van der Waals surface area (Å²) >= 11 is 0. The summed E-state index contributed by atoms with van der Waals surface area (Å²) in [6, 6.07) is -0.640. The van der Waals surface area contributed by atoms with E-state index in [0.717, 1.165) is 83.5 Å². The van der Waals surface area contributed by atoms with Gasteiger partial charge in [0, 0.05) is 12.8 Å². The lowest BCUT2D eigenvalue weighted by molar-refractivity contribution is -0.143. The van der Waals surface area contributed by atoms with Gasteiger partial charge in [-0.2, -0.15) is 0 Å². The van der Waals surface area contributed by atoms with Crippen LogP contribution in [0.25, 0.3) is 0 Å². The predicted molar refractivity (Wildman–Crippen MR) is 283 cm³/mol. The van der Waals surface area contributed by atoms with E-state index in [2.05, 4.69) is 43.5 Å². The number of aliphatic hydroxyl groups is 2. The van der Waals surface area contributed by atoms with Crippen molar-refractivity contribution in [1.82, 2.24) is 5.32 Å². The fraction of sp³-hybridized carbons (Fsp3) is 0.864. The minimum atomic E-state index is -0.855. The molecule has 6 heteroatoms. The van der Waals surface area contributed by atoms with Gasteiger partial charge < -0.3 is 20.3 Å². The Morgan fingerprint density at radius 3 is 1.17 bits per heavy atom. The molecule has 1 amide bonds. The van der Waals surface area contributed by atoms with Crippen LogP contribution in [0.5, 0.6) is 0 Å². The van der Waals surface area contributed by atoms with Crippen molar-refractivity contribution in [3.05, 3.63) is 36.5 Å². The van der Waals surface area contributed by atoms with Gasteiger partial charge >= 0.3 is 5.97 Å². The number of nitrogens with one attached hydrogen (secondary N) is 1. The van der Waals surface area contributed by atoms with E-state index in [1.54, 1.807) is 6.08 Å². The number of carbonyl (C=O) groups is 2. The van der Waals surface area contributed by atoms with Crippen molar-refractivity contribution in [2.75, 3.05) is 13.2 Å². The highest BCUT2D eigenvalue weighted by Crippen LogP contribution is 2.16. The second kappa shape index (κ2) is 54.7. The predicted octanol–water partition coefficient (Wildman–Crippen LogP) is 17.6. The number of hydrogen-bond donors (Lipinski definition) is 3. The van der Waals surface area contributed by atoms with E-state index in [-0.39, 0.29) is 18.5 Å². The monoisotopic (exact) mass is 914 g/mol. The zero-order chi connectivity index (χ0) is 47.2. The summed E-state index contributed by atoms with van der Waals surface area (Å²) in [7, 11) is 0. The standard InChI is InChI=1S/C59H111NO5/c1-3-5-7-9-11-13-15-17-19-25-29-33-37-41-45-49-53-59(64)65-54-50-46-42-38-34-30-26-22-20-21-24-28-32-36-40-44-48-52-58(63)60-56(55-61)57(62)51-47-43-39-35-31-27-23-18-16-14-12-10-8-6-4-2/h20,22,30,34,47,51,56-57,61-62H,3-19,21,23-29,31-33,35-46,48-50,52-55H2,1-2H3,(H,60,63)/b22-20-,34-30-,51-47+. The van der Waals surface area contributed by atoms with E-state index >= 15 is 0 Å². The van der Waals surface area contributed by atoms with E-state index in [9.17, 15) is 19.8 Å². The van der Waals surface area contributed by atoms with Gasteiger partial charge in [0.1, 0.15) is 0 Å². The molecule has 0 aromatic carbocycles. The van der Waals surface area contributed by atoms with Crippen LogP contribution in [0.4, 0.5) is 0 Å². The first-order chi connectivity index (χ1) is 32.0. The summed E-state index contributed by atoms with van der Waals surface area (Å²) in [5.41, 5.74) is 0. The van der Waals surface area contributed by atoms with Gasteiger partial charge in [0.25, 0.3) is 0 Å². The largest absolute Gasteiger partial charge is 0.466 e. The van der Waals surface area contributed by atoms with Gasteiger partial charge in [-0.3, -0.25) is 9.59 Å². The molecule has 0 saturated heterocycles. The number of amides is 1. The second-order valence-electron chi connectivity index (χ2n) is 19.6. The highest BCUT2D eigenvalue weighted by Gasteiger charge is 2.18. The minimum Gasteiger partial charge on any atom is -0.466 e. The Kier molecular flexibility index (Phi) is 53.1. The van der Waals surface area contributed by atoms with Gasteiger partial charge in [-0.05, 0) is 70.6 Å². The second-order valence-corrected chi connectivity index (χ2v) is 19.6. The molecule has 3 N–H and O–H groups in total. The third kappa shape index (κ3) is 51.3. The van der Waals surface area contributed by atoms with Crippen molar-refractivity contribution in [2.24, 2.45) is 0 Å². The first kappa shape index (κ1) is 63.1. The van der Waals surface area contributed by atoms with E-state index in [4.69, 9.17) is 4.74 Å². The fourth-order valence-electron chi connectivity index (χ4n) is 8.72. The molecule has 65 heavy (non-hydrogen) atoms. The van der Waals surface area contributed by atoms with Crippen LogP contribution in [0, 0.1) is 0 Å². The molecule has 0 rings (SSSR count). The zero-order valence-electron chi connectivity index (χ0n) is 43.5. The number of unbranched alkanes of at least 4 members (excludes halogenated alkanes) is 38. The summed E-state index contributed by atoms with van der Waals surface area (Å²) in [6.07, 6.45) is 67.3. The van der Waals surface area contributed by atoms with Crippen LogP contribution >= 0.6 is 0 Å². The Bertz CT molecular complexity index is 1060.